The molecule has 2 rings (SSSR count). The zero-order valence-electron chi connectivity index (χ0n) is 9.97. The highest BCUT2D eigenvalue weighted by molar-refractivity contribution is 4.87. The molecule has 100 valence electrons. The monoisotopic (exact) mass is 251 g/mol. The predicted molar refractivity (Wildman–Crippen MR) is 60.0 cm³/mol. The average Bonchev–Trinajstić information content (AvgIpc) is 2.16. The molecule has 0 aromatic carbocycles. The minimum atomic E-state index is -4.00. The smallest absolute Gasteiger partial charge is 0.314 e. The first-order chi connectivity index (χ1) is 8.04. The Bertz CT molecular complexity index is 233. The summed E-state index contributed by atoms with van der Waals surface area (Å²) in [5.74, 6) is 0. The van der Waals surface area contributed by atoms with E-state index in [1.165, 1.54) is 0 Å². The van der Waals surface area contributed by atoms with Gasteiger partial charge in [0.15, 0.2) is 0 Å². The summed E-state index contributed by atoms with van der Waals surface area (Å²) in [6.07, 6.45) is -4.42. The Kier molecular flexibility index (Phi) is 4.27. The fourth-order valence-corrected chi connectivity index (χ4v) is 2.39. The molecule has 0 aromatic rings. The molecule has 2 aliphatic rings. The van der Waals surface area contributed by atoms with Gasteiger partial charge in [-0.25, -0.2) is 0 Å². The fraction of sp³-hybridized carbons (Fsp3) is 1.00. The molecule has 1 N–H and O–H groups in total. The van der Waals surface area contributed by atoms with E-state index in [2.05, 4.69) is 15.1 Å². The van der Waals surface area contributed by atoms with Gasteiger partial charge in [0.2, 0.25) is 0 Å². The molecule has 0 atom stereocenters. The Hall–Kier alpha value is -0.330. The van der Waals surface area contributed by atoms with Crippen molar-refractivity contribution in [1.82, 2.24) is 15.1 Å². The lowest BCUT2D eigenvalue weighted by Gasteiger charge is -2.43. The van der Waals surface area contributed by atoms with Gasteiger partial charge in [-0.05, 0) is 13.0 Å². The molecule has 6 heteroatoms. The van der Waals surface area contributed by atoms with Gasteiger partial charge in [-0.2, -0.15) is 13.2 Å². The maximum atomic E-state index is 12.0. The first kappa shape index (κ1) is 13.1. The van der Waals surface area contributed by atoms with Crippen molar-refractivity contribution in [1.29, 1.82) is 0 Å². The maximum Gasteiger partial charge on any atom is 0.389 e. The highest BCUT2D eigenvalue weighted by Crippen LogP contribution is 2.21. The van der Waals surface area contributed by atoms with Crippen molar-refractivity contribution in [3.63, 3.8) is 0 Å². The van der Waals surface area contributed by atoms with Crippen molar-refractivity contribution in [3.8, 4) is 0 Å². The van der Waals surface area contributed by atoms with Gasteiger partial charge in [0, 0.05) is 51.7 Å². The molecule has 2 saturated heterocycles. The van der Waals surface area contributed by atoms with Crippen molar-refractivity contribution in [2.45, 2.75) is 25.1 Å². The summed E-state index contributed by atoms with van der Waals surface area (Å²) in [5, 5.41) is 3.24. The highest BCUT2D eigenvalue weighted by atomic mass is 19.4. The molecule has 0 unspecified atom stereocenters. The number of hydrogen-bond acceptors (Lipinski definition) is 3. The van der Waals surface area contributed by atoms with Crippen LogP contribution in [0.1, 0.15) is 12.8 Å². The van der Waals surface area contributed by atoms with Crippen LogP contribution in [0.4, 0.5) is 13.2 Å². The zero-order chi connectivity index (χ0) is 12.3. The van der Waals surface area contributed by atoms with Crippen LogP contribution in [0.2, 0.25) is 0 Å². The van der Waals surface area contributed by atoms with Crippen molar-refractivity contribution >= 4 is 0 Å². The van der Waals surface area contributed by atoms with Crippen LogP contribution in [-0.4, -0.2) is 67.8 Å². The minimum absolute atomic E-state index is 0.231. The van der Waals surface area contributed by atoms with Crippen molar-refractivity contribution in [2.24, 2.45) is 0 Å². The quantitative estimate of drug-likeness (QED) is 0.801. The number of rotatable bonds is 4. The molecule has 3 nitrogen and oxygen atoms in total. The molecular formula is C11H20F3N3. The van der Waals surface area contributed by atoms with Gasteiger partial charge < -0.3 is 10.2 Å². The van der Waals surface area contributed by atoms with Crippen LogP contribution in [0.15, 0.2) is 0 Å². The van der Waals surface area contributed by atoms with Crippen molar-refractivity contribution in [3.05, 3.63) is 0 Å². The zero-order valence-corrected chi connectivity index (χ0v) is 9.97. The second-order valence-electron chi connectivity index (χ2n) is 4.91. The number of nitrogens with one attached hydrogen (secondary N) is 1. The van der Waals surface area contributed by atoms with Gasteiger partial charge in [0.25, 0.3) is 0 Å². The molecule has 0 spiro atoms. The molecule has 17 heavy (non-hydrogen) atoms. The summed E-state index contributed by atoms with van der Waals surface area (Å²) in [6, 6.07) is 0.660. The average molecular weight is 251 g/mol. The number of hydrogen-bond donors (Lipinski definition) is 1. The van der Waals surface area contributed by atoms with Crippen LogP contribution in [0, 0.1) is 0 Å². The number of halogens is 3. The topological polar surface area (TPSA) is 18.5 Å². The third kappa shape index (κ3) is 4.12. The second-order valence-corrected chi connectivity index (χ2v) is 4.91. The van der Waals surface area contributed by atoms with Gasteiger partial charge in [-0.15, -0.1) is 0 Å². The molecule has 2 aliphatic heterocycles. The fourth-order valence-electron chi connectivity index (χ4n) is 2.39. The third-order valence-electron chi connectivity index (χ3n) is 3.62. The Labute approximate surface area is 99.9 Å². The third-order valence-corrected chi connectivity index (χ3v) is 3.62. The van der Waals surface area contributed by atoms with Crippen LogP contribution in [-0.2, 0) is 0 Å². The molecule has 0 saturated carbocycles. The van der Waals surface area contributed by atoms with Crippen LogP contribution >= 0.6 is 0 Å². The Morgan fingerprint density at radius 3 is 2.18 bits per heavy atom. The summed E-state index contributed by atoms with van der Waals surface area (Å²) >= 11 is 0. The van der Waals surface area contributed by atoms with Crippen LogP contribution in [0.3, 0.4) is 0 Å². The van der Waals surface area contributed by atoms with E-state index >= 15 is 0 Å². The molecule has 0 bridgehead atoms. The molecular weight excluding hydrogens is 231 g/mol. The van der Waals surface area contributed by atoms with Crippen LogP contribution < -0.4 is 5.32 Å². The number of alkyl halides is 3. The first-order valence-corrected chi connectivity index (χ1v) is 6.28. The summed E-state index contributed by atoms with van der Waals surface area (Å²) in [7, 11) is 0. The van der Waals surface area contributed by atoms with Gasteiger partial charge >= 0.3 is 6.18 Å². The van der Waals surface area contributed by atoms with E-state index in [1.54, 1.807) is 0 Å². The van der Waals surface area contributed by atoms with E-state index in [4.69, 9.17) is 0 Å². The van der Waals surface area contributed by atoms with Crippen LogP contribution in [0.5, 0.6) is 0 Å². The van der Waals surface area contributed by atoms with Gasteiger partial charge in [0.1, 0.15) is 0 Å². The Balaban J connectivity index is 1.58. The molecule has 2 heterocycles. The highest BCUT2D eigenvalue weighted by Gasteiger charge is 2.29. The lowest BCUT2D eigenvalue weighted by Crippen LogP contribution is -2.61. The van der Waals surface area contributed by atoms with E-state index < -0.39 is 12.6 Å². The van der Waals surface area contributed by atoms with E-state index in [1.807, 2.05) is 0 Å². The number of nitrogens with zero attached hydrogens (tertiary/aromatic N) is 2. The summed E-state index contributed by atoms with van der Waals surface area (Å²) in [6.45, 7) is 6.53. The number of piperazine rings is 1. The van der Waals surface area contributed by atoms with E-state index in [0.29, 0.717) is 12.6 Å². The van der Waals surface area contributed by atoms with Crippen molar-refractivity contribution in [2.75, 3.05) is 45.8 Å². The standard InChI is InChI=1S/C11H20F3N3/c12-11(13,14)2-1-3-16-4-6-17(7-5-16)10-8-15-9-10/h10,15H,1-9H2. The first-order valence-electron chi connectivity index (χ1n) is 6.28. The maximum absolute atomic E-state index is 12.0. The largest absolute Gasteiger partial charge is 0.389 e. The summed E-state index contributed by atoms with van der Waals surface area (Å²) < 4.78 is 36.0. The van der Waals surface area contributed by atoms with E-state index in [-0.39, 0.29) is 6.42 Å². The van der Waals surface area contributed by atoms with E-state index in [0.717, 1.165) is 39.3 Å². The van der Waals surface area contributed by atoms with Crippen LogP contribution in [0.25, 0.3) is 0 Å². The molecule has 0 aromatic heterocycles. The molecule has 0 amide bonds. The van der Waals surface area contributed by atoms with Gasteiger partial charge in [-0.1, -0.05) is 0 Å². The SMILES string of the molecule is FC(F)(F)CCCN1CCN(C2CNC2)CC1. The summed E-state index contributed by atoms with van der Waals surface area (Å²) in [5.41, 5.74) is 0. The lowest BCUT2D eigenvalue weighted by atomic mass is 10.1. The molecule has 2 fully saturated rings. The Morgan fingerprint density at radius 1 is 1.06 bits per heavy atom. The van der Waals surface area contributed by atoms with E-state index in [9.17, 15) is 13.2 Å². The molecule has 0 aliphatic carbocycles. The second kappa shape index (κ2) is 5.54. The molecule has 0 radical (unpaired) electrons. The predicted octanol–water partition coefficient (Wildman–Crippen LogP) is 0.918. The minimum Gasteiger partial charge on any atom is -0.314 e. The van der Waals surface area contributed by atoms with Gasteiger partial charge in [-0.3, -0.25) is 4.90 Å². The van der Waals surface area contributed by atoms with Crippen molar-refractivity contribution < 1.29 is 13.2 Å². The van der Waals surface area contributed by atoms with Gasteiger partial charge in [0.05, 0.1) is 0 Å². The lowest BCUT2D eigenvalue weighted by molar-refractivity contribution is -0.136. The summed E-state index contributed by atoms with van der Waals surface area (Å²) in [4.78, 5) is 4.59. The Morgan fingerprint density at radius 2 is 1.71 bits per heavy atom. The normalized spacial score (nSPS) is 24.9.